The molecular formula is C24H46N2O3S. The minimum atomic E-state index is 0.0103. The van der Waals surface area contributed by atoms with Crippen LogP contribution in [0, 0.1) is 11.8 Å². The van der Waals surface area contributed by atoms with Gasteiger partial charge in [-0.2, -0.15) is 0 Å². The van der Waals surface area contributed by atoms with Gasteiger partial charge in [-0.15, -0.1) is 0 Å². The second kappa shape index (κ2) is 14.6. The van der Waals surface area contributed by atoms with Crippen LogP contribution in [0.2, 0.25) is 0 Å². The lowest BCUT2D eigenvalue weighted by Crippen LogP contribution is -2.62. The minimum absolute atomic E-state index is 0.0103. The van der Waals surface area contributed by atoms with Crippen molar-refractivity contribution in [3.05, 3.63) is 0 Å². The lowest BCUT2D eigenvalue weighted by molar-refractivity contribution is -0.151. The van der Waals surface area contributed by atoms with E-state index in [0.29, 0.717) is 11.8 Å². The molecule has 2 aliphatic rings. The first-order chi connectivity index (χ1) is 14.6. The molecule has 1 aliphatic heterocycles. The Morgan fingerprint density at radius 2 is 1.53 bits per heavy atom. The average Bonchev–Trinajstić information content (AvgIpc) is 2.68. The molecule has 1 heterocycles. The fourth-order valence-corrected chi connectivity index (χ4v) is 4.65. The number of nitrogens with zero attached hydrogens (tertiary/aromatic N) is 1. The summed E-state index contributed by atoms with van der Waals surface area (Å²) in [7, 11) is 0. The van der Waals surface area contributed by atoms with Crippen LogP contribution in [-0.2, 0) is 14.2 Å². The van der Waals surface area contributed by atoms with Gasteiger partial charge < -0.3 is 24.4 Å². The van der Waals surface area contributed by atoms with Crippen molar-refractivity contribution in [3.8, 4) is 0 Å². The maximum Gasteiger partial charge on any atom is 0.169 e. The van der Waals surface area contributed by atoms with E-state index in [9.17, 15) is 0 Å². The summed E-state index contributed by atoms with van der Waals surface area (Å²) in [4.78, 5) is 2.26. The van der Waals surface area contributed by atoms with E-state index in [1.165, 1.54) is 12.8 Å². The molecule has 5 nitrogen and oxygen atoms in total. The lowest BCUT2D eigenvalue weighted by Gasteiger charge is -2.47. The summed E-state index contributed by atoms with van der Waals surface area (Å²) in [5.41, 5.74) is 0. The molecule has 1 aliphatic carbocycles. The Labute approximate surface area is 190 Å². The summed E-state index contributed by atoms with van der Waals surface area (Å²) in [5.74, 6) is 0.831. The Hall–Kier alpha value is -0.430. The monoisotopic (exact) mass is 442 g/mol. The van der Waals surface area contributed by atoms with E-state index in [4.69, 9.17) is 26.4 Å². The maximum absolute atomic E-state index is 6.52. The molecular weight excluding hydrogens is 396 g/mol. The molecule has 176 valence electrons. The number of nitrogens with one attached hydrogen (secondary N) is 1. The molecule has 0 aromatic rings. The van der Waals surface area contributed by atoms with Gasteiger partial charge in [-0.25, -0.2) is 0 Å². The quantitative estimate of drug-likeness (QED) is 0.308. The number of rotatable bonds is 14. The summed E-state index contributed by atoms with van der Waals surface area (Å²) in [5, 5.41) is 4.56. The number of unbranched alkanes of at least 4 members (excludes halogenated alkanes) is 3. The van der Waals surface area contributed by atoms with Crippen molar-refractivity contribution in [3.63, 3.8) is 0 Å². The van der Waals surface area contributed by atoms with Crippen molar-refractivity contribution in [2.45, 2.75) is 97.3 Å². The molecule has 0 unspecified atom stereocenters. The summed E-state index contributed by atoms with van der Waals surface area (Å²) >= 11 is 5.72. The van der Waals surface area contributed by atoms with Gasteiger partial charge in [0.15, 0.2) is 5.11 Å². The van der Waals surface area contributed by atoms with Gasteiger partial charge in [0.2, 0.25) is 0 Å². The Morgan fingerprint density at radius 3 is 2.10 bits per heavy atom. The van der Waals surface area contributed by atoms with Crippen molar-refractivity contribution >= 4 is 17.3 Å². The van der Waals surface area contributed by atoms with E-state index in [-0.39, 0.29) is 18.2 Å². The first-order valence-corrected chi connectivity index (χ1v) is 12.9. The SMILES string of the molecule is CCCCOC[C@H]1C[C@H](C)[C@H](NC(=S)N2CCC2)[C@@H](OCCCC)[C@@H]1OCCCC. The summed E-state index contributed by atoms with van der Waals surface area (Å²) in [6.45, 7) is 14.3. The Balaban J connectivity index is 2.10. The van der Waals surface area contributed by atoms with Crippen LogP contribution in [0.3, 0.4) is 0 Å². The number of hydrogen-bond acceptors (Lipinski definition) is 4. The molecule has 0 aromatic heterocycles. The van der Waals surface area contributed by atoms with Crippen molar-refractivity contribution in [1.29, 1.82) is 0 Å². The predicted molar refractivity (Wildman–Crippen MR) is 128 cm³/mol. The highest BCUT2D eigenvalue weighted by Crippen LogP contribution is 2.35. The first kappa shape index (κ1) is 25.8. The number of thiocarbonyl (C=S) groups is 1. The Morgan fingerprint density at radius 1 is 0.933 bits per heavy atom. The van der Waals surface area contributed by atoms with Gasteiger partial charge in [-0.3, -0.25) is 0 Å². The highest BCUT2D eigenvalue weighted by molar-refractivity contribution is 7.80. The van der Waals surface area contributed by atoms with Gasteiger partial charge >= 0.3 is 0 Å². The van der Waals surface area contributed by atoms with Crippen LogP contribution in [0.5, 0.6) is 0 Å². The second-order valence-corrected chi connectivity index (χ2v) is 9.48. The van der Waals surface area contributed by atoms with E-state index < -0.39 is 0 Å². The smallest absolute Gasteiger partial charge is 0.169 e. The third-order valence-corrected chi connectivity index (χ3v) is 6.83. The van der Waals surface area contributed by atoms with Crippen LogP contribution in [0.25, 0.3) is 0 Å². The molecule has 1 N–H and O–H groups in total. The summed E-state index contributed by atoms with van der Waals surface area (Å²) in [6.07, 6.45) is 9.11. The number of hydrogen-bond donors (Lipinski definition) is 1. The molecule has 30 heavy (non-hydrogen) atoms. The highest BCUT2D eigenvalue weighted by atomic mass is 32.1. The van der Waals surface area contributed by atoms with Crippen LogP contribution >= 0.6 is 12.2 Å². The van der Waals surface area contributed by atoms with Gasteiger partial charge in [-0.1, -0.05) is 47.0 Å². The third kappa shape index (κ3) is 7.92. The maximum atomic E-state index is 6.52. The van der Waals surface area contributed by atoms with Crippen LogP contribution < -0.4 is 5.32 Å². The highest BCUT2D eigenvalue weighted by Gasteiger charge is 2.45. The fraction of sp³-hybridized carbons (Fsp3) is 0.958. The fourth-order valence-electron chi connectivity index (χ4n) is 4.33. The molecule has 5 atom stereocenters. The van der Waals surface area contributed by atoms with Gasteiger partial charge in [0.1, 0.15) is 6.10 Å². The summed E-state index contributed by atoms with van der Waals surface area (Å²) < 4.78 is 19.1. The Bertz CT molecular complexity index is 475. The van der Waals surface area contributed by atoms with E-state index in [0.717, 1.165) is 83.2 Å². The Kier molecular flexibility index (Phi) is 12.6. The normalized spacial score (nSPS) is 28.9. The zero-order valence-electron chi connectivity index (χ0n) is 19.9. The van der Waals surface area contributed by atoms with Crippen molar-refractivity contribution in [2.75, 3.05) is 39.5 Å². The molecule has 0 radical (unpaired) electrons. The molecule has 0 spiro atoms. The third-order valence-electron chi connectivity index (χ3n) is 6.45. The van der Waals surface area contributed by atoms with Gasteiger partial charge in [0.05, 0.1) is 18.8 Å². The minimum Gasteiger partial charge on any atom is -0.381 e. The van der Waals surface area contributed by atoms with Gasteiger partial charge in [0, 0.05) is 38.8 Å². The van der Waals surface area contributed by atoms with E-state index in [2.05, 4.69) is 37.9 Å². The van der Waals surface area contributed by atoms with Crippen LogP contribution in [-0.4, -0.2) is 67.8 Å². The molecule has 2 rings (SSSR count). The van der Waals surface area contributed by atoms with E-state index in [1.54, 1.807) is 0 Å². The topological polar surface area (TPSA) is 43.0 Å². The molecule has 6 heteroatoms. The van der Waals surface area contributed by atoms with Crippen molar-refractivity contribution < 1.29 is 14.2 Å². The zero-order valence-corrected chi connectivity index (χ0v) is 20.7. The molecule has 2 fully saturated rings. The molecule has 0 bridgehead atoms. The van der Waals surface area contributed by atoms with Crippen molar-refractivity contribution in [2.24, 2.45) is 11.8 Å². The predicted octanol–water partition coefficient (Wildman–Crippen LogP) is 4.78. The summed E-state index contributed by atoms with van der Waals surface area (Å²) in [6, 6.07) is 0.188. The zero-order chi connectivity index (χ0) is 21.8. The van der Waals surface area contributed by atoms with Crippen LogP contribution in [0.15, 0.2) is 0 Å². The second-order valence-electron chi connectivity index (χ2n) is 9.10. The molecule has 0 amide bonds. The largest absolute Gasteiger partial charge is 0.381 e. The molecule has 1 saturated heterocycles. The molecule has 0 aromatic carbocycles. The standard InChI is InChI=1S/C24H46N2O3S/c1-5-8-14-27-18-20-17-19(4)21(25-24(30)26-12-11-13-26)23(29-16-10-7-3)22(20)28-15-9-6-2/h19-23H,5-18H2,1-4H3,(H,25,30)/t19-,20+,21-,22+,23+/m0/s1. The van der Waals surface area contributed by atoms with E-state index >= 15 is 0 Å². The number of likely N-dealkylation sites (tertiary alicyclic amines) is 1. The molecule has 1 saturated carbocycles. The first-order valence-electron chi connectivity index (χ1n) is 12.5. The lowest BCUT2D eigenvalue weighted by atomic mass is 9.75. The van der Waals surface area contributed by atoms with Crippen LogP contribution in [0.1, 0.15) is 79.1 Å². The van der Waals surface area contributed by atoms with Crippen LogP contribution in [0.4, 0.5) is 0 Å². The van der Waals surface area contributed by atoms with Gasteiger partial charge in [-0.05, 0) is 50.2 Å². The van der Waals surface area contributed by atoms with Gasteiger partial charge in [0.25, 0.3) is 0 Å². The van der Waals surface area contributed by atoms with Crippen molar-refractivity contribution in [1.82, 2.24) is 10.2 Å². The average molecular weight is 443 g/mol. The number of ether oxygens (including phenoxy) is 3. The van der Waals surface area contributed by atoms with E-state index in [1.807, 2.05) is 0 Å².